The van der Waals surface area contributed by atoms with Gasteiger partial charge in [0.1, 0.15) is 0 Å². The van der Waals surface area contributed by atoms with Gasteiger partial charge >= 0.3 is 0 Å². The van der Waals surface area contributed by atoms with Crippen LogP contribution in [-0.2, 0) is 13.6 Å². The molecule has 0 aliphatic heterocycles. The van der Waals surface area contributed by atoms with Crippen molar-refractivity contribution in [1.82, 2.24) is 20.0 Å². The normalized spacial score (nSPS) is 13.2. The van der Waals surface area contributed by atoms with Crippen LogP contribution in [-0.4, -0.2) is 40.4 Å². The van der Waals surface area contributed by atoms with Crippen LogP contribution in [0.2, 0.25) is 0 Å². The molecule has 1 N–H and O–H groups in total. The van der Waals surface area contributed by atoms with Gasteiger partial charge in [0.25, 0.3) is 0 Å². The smallest absolute Gasteiger partial charge is 0.0641 e. The van der Waals surface area contributed by atoms with E-state index in [2.05, 4.69) is 49.9 Å². The van der Waals surface area contributed by atoms with Crippen molar-refractivity contribution in [3.05, 3.63) is 17.0 Å². The molecule has 1 atom stereocenters. The summed E-state index contributed by atoms with van der Waals surface area (Å²) < 4.78 is 1.97. The van der Waals surface area contributed by atoms with Gasteiger partial charge in [0, 0.05) is 30.9 Å². The van der Waals surface area contributed by atoms with Crippen molar-refractivity contribution in [2.75, 3.05) is 19.6 Å². The summed E-state index contributed by atoms with van der Waals surface area (Å²) in [6.45, 7) is 15.4. The first-order valence-electron chi connectivity index (χ1n) is 7.94. The highest BCUT2D eigenvalue weighted by atomic mass is 15.3. The molecule has 0 aromatic carbocycles. The SMILES string of the molecule is CCN(CC)CCCC(C)NCc1c(C)nn(C)c1C. The molecular weight excluding hydrogens is 248 g/mol. The highest BCUT2D eigenvalue weighted by Crippen LogP contribution is 2.12. The molecule has 1 heterocycles. The standard InChI is InChI=1S/C16H32N4/c1-7-20(8-2)11-9-10-13(3)17-12-16-14(4)18-19(6)15(16)5/h13,17H,7-12H2,1-6H3. The Balaban J connectivity index is 2.31. The number of nitrogens with one attached hydrogen (secondary N) is 1. The summed E-state index contributed by atoms with van der Waals surface area (Å²) in [6, 6.07) is 0.560. The molecule has 4 heteroatoms. The van der Waals surface area contributed by atoms with Crippen LogP contribution in [0.4, 0.5) is 0 Å². The first-order chi connectivity index (χ1) is 9.49. The van der Waals surface area contributed by atoms with Gasteiger partial charge in [0.05, 0.1) is 5.69 Å². The third-order valence-electron chi connectivity index (χ3n) is 4.29. The number of hydrogen-bond acceptors (Lipinski definition) is 3. The largest absolute Gasteiger partial charge is 0.310 e. The van der Waals surface area contributed by atoms with Crippen molar-refractivity contribution in [3.63, 3.8) is 0 Å². The van der Waals surface area contributed by atoms with E-state index in [1.807, 2.05) is 11.7 Å². The summed E-state index contributed by atoms with van der Waals surface area (Å²) in [4.78, 5) is 2.49. The Bertz CT molecular complexity index is 393. The van der Waals surface area contributed by atoms with Crippen molar-refractivity contribution in [2.24, 2.45) is 7.05 Å². The monoisotopic (exact) mass is 280 g/mol. The molecule has 1 rings (SSSR count). The molecular formula is C16H32N4. The molecule has 1 unspecified atom stereocenters. The number of aromatic nitrogens is 2. The molecule has 0 spiro atoms. The van der Waals surface area contributed by atoms with Crippen molar-refractivity contribution in [1.29, 1.82) is 0 Å². The van der Waals surface area contributed by atoms with E-state index in [-0.39, 0.29) is 0 Å². The molecule has 0 bridgehead atoms. The maximum Gasteiger partial charge on any atom is 0.0641 e. The van der Waals surface area contributed by atoms with Gasteiger partial charge in [-0.3, -0.25) is 4.68 Å². The average Bonchev–Trinajstić information content (AvgIpc) is 2.66. The Morgan fingerprint density at radius 1 is 1.25 bits per heavy atom. The minimum Gasteiger partial charge on any atom is -0.310 e. The fourth-order valence-corrected chi connectivity index (χ4v) is 2.61. The molecule has 0 saturated carbocycles. The minimum atomic E-state index is 0.560. The maximum atomic E-state index is 4.47. The van der Waals surface area contributed by atoms with Crippen molar-refractivity contribution < 1.29 is 0 Å². The second kappa shape index (κ2) is 8.42. The molecule has 0 saturated heterocycles. The van der Waals surface area contributed by atoms with Gasteiger partial charge in [-0.2, -0.15) is 5.10 Å². The number of rotatable bonds is 9. The molecule has 4 nitrogen and oxygen atoms in total. The van der Waals surface area contributed by atoms with Crippen molar-refractivity contribution >= 4 is 0 Å². The van der Waals surface area contributed by atoms with E-state index in [0.717, 1.165) is 25.3 Å². The van der Waals surface area contributed by atoms with Crippen LogP contribution in [0.25, 0.3) is 0 Å². The summed E-state index contributed by atoms with van der Waals surface area (Å²) in [5.41, 5.74) is 3.77. The molecule has 20 heavy (non-hydrogen) atoms. The molecule has 116 valence electrons. The van der Waals surface area contributed by atoms with Crippen LogP contribution in [0.3, 0.4) is 0 Å². The first-order valence-corrected chi connectivity index (χ1v) is 7.94. The molecule has 0 amide bonds. The van der Waals surface area contributed by atoms with Crippen LogP contribution >= 0.6 is 0 Å². The summed E-state index contributed by atoms with van der Waals surface area (Å²) in [5.74, 6) is 0. The third-order valence-corrected chi connectivity index (χ3v) is 4.29. The van der Waals surface area contributed by atoms with E-state index in [1.165, 1.54) is 30.6 Å². The second-order valence-corrected chi connectivity index (χ2v) is 5.72. The Morgan fingerprint density at radius 3 is 2.40 bits per heavy atom. The zero-order valence-electron chi connectivity index (χ0n) is 14.2. The number of nitrogens with zero attached hydrogens (tertiary/aromatic N) is 3. The molecule has 0 radical (unpaired) electrons. The van der Waals surface area contributed by atoms with Crippen molar-refractivity contribution in [3.8, 4) is 0 Å². The predicted octanol–water partition coefficient (Wildman–Crippen LogP) is 2.64. The van der Waals surface area contributed by atoms with Gasteiger partial charge in [-0.25, -0.2) is 0 Å². The van der Waals surface area contributed by atoms with Gasteiger partial charge in [0.15, 0.2) is 0 Å². The fourth-order valence-electron chi connectivity index (χ4n) is 2.61. The fraction of sp³-hybridized carbons (Fsp3) is 0.812. The first kappa shape index (κ1) is 17.2. The van der Waals surface area contributed by atoms with Crippen LogP contribution in [0, 0.1) is 13.8 Å². The lowest BCUT2D eigenvalue weighted by molar-refractivity contribution is 0.290. The van der Waals surface area contributed by atoms with Crippen LogP contribution in [0.1, 0.15) is 50.6 Å². The van der Waals surface area contributed by atoms with E-state index in [0.29, 0.717) is 6.04 Å². The van der Waals surface area contributed by atoms with Crippen LogP contribution in [0.5, 0.6) is 0 Å². The molecule has 1 aromatic rings. The van der Waals surface area contributed by atoms with E-state index in [9.17, 15) is 0 Å². The molecule has 0 aliphatic rings. The highest BCUT2D eigenvalue weighted by molar-refractivity contribution is 5.24. The van der Waals surface area contributed by atoms with Gasteiger partial charge in [0.2, 0.25) is 0 Å². The maximum absolute atomic E-state index is 4.47. The zero-order valence-corrected chi connectivity index (χ0v) is 14.2. The summed E-state index contributed by atoms with van der Waals surface area (Å²) in [6.07, 6.45) is 2.50. The Kier molecular flexibility index (Phi) is 7.24. The Morgan fingerprint density at radius 2 is 1.90 bits per heavy atom. The van der Waals surface area contributed by atoms with Gasteiger partial charge in [-0.1, -0.05) is 13.8 Å². The summed E-state index contributed by atoms with van der Waals surface area (Å²) in [5, 5.41) is 8.10. The third kappa shape index (κ3) is 4.91. The van der Waals surface area contributed by atoms with Crippen LogP contribution in [0.15, 0.2) is 0 Å². The van der Waals surface area contributed by atoms with E-state index < -0.39 is 0 Å². The minimum absolute atomic E-state index is 0.560. The van der Waals surface area contributed by atoms with Gasteiger partial charge in [-0.05, 0) is 53.2 Å². The average molecular weight is 280 g/mol. The second-order valence-electron chi connectivity index (χ2n) is 5.72. The number of hydrogen-bond donors (Lipinski definition) is 1. The van der Waals surface area contributed by atoms with Gasteiger partial charge < -0.3 is 10.2 Å². The van der Waals surface area contributed by atoms with Gasteiger partial charge in [-0.15, -0.1) is 0 Å². The lowest BCUT2D eigenvalue weighted by Crippen LogP contribution is -2.29. The molecule has 0 fully saturated rings. The summed E-state index contributed by atoms with van der Waals surface area (Å²) >= 11 is 0. The topological polar surface area (TPSA) is 33.1 Å². The van der Waals surface area contributed by atoms with E-state index >= 15 is 0 Å². The van der Waals surface area contributed by atoms with Crippen molar-refractivity contribution in [2.45, 2.75) is 60.0 Å². The Hall–Kier alpha value is -0.870. The quantitative estimate of drug-likeness (QED) is 0.755. The predicted molar refractivity (Wildman–Crippen MR) is 86.0 cm³/mol. The highest BCUT2D eigenvalue weighted by Gasteiger charge is 2.10. The molecule has 0 aliphatic carbocycles. The summed E-state index contributed by atoms with van der Waals surface area (Å²) in [7, 11) is 2.01. The number of aryl methyl sites for hydroxylation is 2. The Labute approximate surface area is 124 Å². The van der Waals surface area contributed by atoms with Crippen LogP contribution < -0.4 is 5.32 Å². The lowest BCUT2D eigenvalue weighted by Gasteiger charge is -2.19. The lowest BCUT2D eigenvalue weighted by atomic mass is 10.1. The zero-order chi connectivity index (χ0) is 15.1. The van der Waals surface area contributed by atoms with E-state index in [4.69, 9.17) is 0 Å². The molecule has 1 aromatic heterocycles. The van der Waals surface area contributed by atoms with E-state index in [1.54, 1.807) is 0 Å².